The van der Waals surface area contributed by atoms with Gasteiger partial charge >= 0.3 is 0 Å². The van der Waals surface area contributed by atoms with E-state index < -0.39 is 5.60 Å². The Labute approximate surface area is 92.7 Å². The molecule has 0 aliphatic heterocycles. The fourth-order valence-electron chi connectivity index (χ4n) is 2.36. The van der Waals surface area contributed by atoms with E-state index in [4.69, 9.17) is 4.74 Å². The lowest BCUT2D eigenvalue weighted by Crippen LogP contribution is -2.43. The SMILES string of the molecule is C=CCCC(=O)C1(OCC)CCCCC1. The Morgan fingerprint density at radius 2 is 2.07 bits per heavy atom. The van der Waals surface area contributed by atoms with Gasteiger partial charge in [-0.15, -0.1) is 6.58 Å². The van der Waals surface area contributed by atoms with Gasteiger partial charge in [0, 0.05) is 13.0 Å². The second kappa shape index (κ2) is 6.06. The van der Waals surface area contributed by atoms with Gasteiger partial charge in [0.1, 0.15) is 5.60 Å². The van der Waals surface area contributed by atoms with E-state index in [2.05, 4.69) is 6.58 Å². The van der Waals surface area contributed by atoms with Crippen molar-refractivity contribution in [2.45, 2.75) is 57.5 Å². The van der Waals surface area contributed by atoms with Gasteiger partial charge in [0.15, 0.2) is 5.78 Å². The Morgan fingerprint density at radius 1 is 1.40 bits per heavy atom. The fraction of sp³-hybridized carbons (Fsp3) is 0.769. The van der Waals surface area contributed by atoms with Crippen LogP contribution in [0.25, 0.3) is 0 Å². The van der Waals surface area contributed by atoms with E-state index in [0.717, 1.165) is 32.1 Å². The molecule has 2 heteroatoms. The topological polar surface area (TPSA) is 26.3 Å². The lowest BCUT2D eigenvalue weighted by atomic mass is 9.80. The van der Waals surface area contributed by atoms with Crippen molar-refractivity contribution in [3.63, 3.8) is 0 Å². The van der Waals surface area contributed by atoms with Gasteiger partial charge in [0.05, 0.1) is 0 Å². The molecule has 0 amide bonds. The number of allylic oxidation sites excluding steroid dienone is 1. The highest BCUT2D eigenvalue weighted by atomic mass is 16.5. The van der Waals surface area contributed by atoms with Crippen LogP contribution in [0, 0.1) is 0 Å². The highest BCUT2D eigenvalue weighted by molar-refractivity contribution is 5.87. The molecule has 0 spiro atoms. The number of carbonyl (C=O) groups is 1. The van der Waals surface area contributed by atoms with Crippen LogP contribution in [0.15, 0.2) is 12.7 Å². The van der Waals surface area contributed by atoms with Crippen molar-refractivity contribution in [1.29, 1.82) is 0 Å². The first-order chi connectivity index (χ1) is 7.25. The first kappa shape index (κ1) is 12.4. The number of carbonyl (C=O) groups excluding carboxylic acids is 1. The summed E-state index contributed by atoms with van der Waals surface area (Å²) in [6, 6.07) is 0. The van der Waals surface area contributed by atoms with Crippen LogP contribution in [-0.2, 0) is 9.53 Å². The normalized spacial score (nSPS) is 19.8. The summed E-state index contributed by atoms with van der Waals surface area (Å²) in [6.45, 7) is 6.26. The van der Waals surface area contributed by atoms with Gasteiger partial charge in [-0.05, 0) is 26.2 Å². The van der Waals surface area contributed by atoms with Crippen molar-refractivity contribution in [2.24, 2.45) is 0 Å². The molecule has 0 radical (unpaired) electrons. The van der Waals surface area contributed by atoms with E-state index in [1.807, 2.05) is 6.92 Å². The molecule has 1 saturated carbocycles. The molecule has 0 aromatic carbocycles. The zero-order valence-electron chi connectivity index (χ0n) is 9.76. The van der Waals surface area contributed by atoms with Gasteiger partial charge < -0.3 is 4.74 Å². The van der Waals surface area contributed by atoms with Crippen LogP contribution in [0.5, 0.6) is 0 Å². The summed E-state index contributed by atoms with van der Waals surface area (Å²) >= 11 is 0. The third-order valence-electron chi connectivity index (χ3n) is 3.17. The molecule has 0 unspecified atom stereocenters. The van der Waals surface area contributed by atoms with Crippen molar-refractivity contribution < 1.29 is 9.53 Å². The first-order valence-corrected chi connectivity index (χ1v) is 6.03. The summed E-state index contributed by atoms with van der Waals surface area (Å²) < 4.78 is 5.75. The minimum absolute atomic E-state index is 0.281. The summed E-state index contributed by atoms with van der Waals surface area (Å²) in [6.07, 6.45) is 8.48. The largest absolute Gasteiger partial charge is 0.368 e. The first-order valence-electron chi connectivity index (χ1n) is 6.03. The molecule has 86 valence electrons. The predicted molar refractivity (Wildman–Crippen MR) is 61.9 cm³/mol. The summed E-state index contributed by atoms with van der Waals surface area (Å²) in [7, 11) is 0. The third-order valence-corrected chi connectivity index (χ3v) is 3.17. The average Bonchev–Trinajstić information content (AvgIpc) is 2.27. The summed E-state index contributed by atoms with van der Waals surface area (Å²) in [5.74, 6) is 0.281. The maximum atomic E-state index is 12.1. The van der Waals surface area contributed by atoms with E-state index >= 15 is 0 Å². The molecule has 15 heavy (non-hydrogen) atoms. The van der Waals surface area contributed by atoms with Crippen molar-refractivity contribution >= 4 is 5.78 Å². The molecule has 0 N–H and O–H groups in total. The smallest absolute Gasteiger partial charge is 0.164 e. The second-order valence-corrected chi connectivity index (χ2v) is 4.24. The summed E-state index contributed by atoms with van der Waals surface area (Å²) in [4.78, 5) is 12.1. The molecule has 1 rings (SSSR count). The van der Waals surface area contributed by atoms with Crippen LogP contribution in [0.2, 0.25) is 0 Å². The van der Waals surface area contributed by atoms with E-state index in [1.165, 1.54) is 6.42 Å². The van der Waals surface area contributed by atoms with Crippen LogP contribution in [0.4, 0.5) is 0 Å². The van der Waals surface area contributed by atoms with E-state index in [0.29, 0.717) is 13.0 Å². The molecular formula is C13H22O2. The molecule has 0 heterocycles. The van der Waals surface area contributed by atoms with Crippen LogP contribution in [-0.4, -0.2) is 18.0 Å². The molecule has 2 nitrogen and oxygen atoms in total. The second-order valence-electron chi connectivity index (χ2n) is 4.24. The van der Waals surface area contributed by atoms with E-state index in [1.54, 1.807) is 6.08 Å². The van der Waals surface area contributed by atoms with E-state index in [9.17, 15) is 4.79 Å². The summed E-state index contributed by atoms with van der Waals surface area (Å²) in [5, 5.41) is 0. The monoisotopic (exact) mass is 210 g/mol. The van der Waals surface area contributed by atoms with Crippen LogP contribution in [0.1, 0.15) is 51.9 Å². The Balaban J connectivity index is 2.61. The Kier molecular flexibility index (Phi) is 5.03. The molecule has 1 fully saturated rings. The fourth-order valence-corrected chi connectivity index (χ4v) is 2.36. The minimum Gasteiger partial charge on any atom is -0.368 e. The van der Waals surface area contributed by atoms with Gasteiger partial charge in [0.25, 0.3) is 0 Å². The lowest BCUT2D eigenvalue weighted by Gasteiger charge is -2.35. The van der Waals surface area contributed by atoms with Crippen LogP contribution >= 0.6 is 0 Å². The standard InChI is InChI=1S/C13H22O2/c1-3-5-9-12(14)13(15-4-2)10-7-6-8-11-13/h3H,1,4-11H2,2H3. The zero-order chi connectivity index (χ0) is 11.1. The van der Waals surface area contributed by atoms with Gasteiger partial charge in [-0.25, -0.2) is 0 Å². The molecule has 0 saturated heterocycles. The molecular weight excluding hydrogens is 188 g/mol. The Hall–Kier alpha value is -0.630. The zero-order valence-corrected chi connectivity index (χ0v) is 9.76. The van der Waals surface area contributed by atoms with Gasteiger partial charge in [0.2, 0.25) is 0 Å². The molecule has 1 aliphatic carbocycles. The van der Waals surface area contributed by atoms with Crippen molar-refractivity contribution in [3.05, 3.63) is 12.7 Å². The van der Waals surface area contributed by atoms with Gasteiger partial charge in [-0.2, -0.15) is 0 Å². The maximum absolute atomic E-state index is 12.1. The number of ether oxygens (including phenoxy) is 1. The Bertz CT molecular complexity index is 209. The third kappa shape index (κ3) is 3.16. The molecule has 1 aliphatic rings. The number of rotatable bonds is 6. The van der Waals surface area contributed by atoms with Crippen molar-refractivity contribution in [1.82, 2.24) is 0 Å². The van der Waals surface area contributed by atoms with Gasteiger partial charge in [-0.3, -0.25) is 4.79 Å². The number of ketones is 1. The number of hydrogen-bond acceptors (Lipinski definition) is 2. The van der Waals surface area contributed by atoms with E-state index in [-0.39, 0.29) is 5.78 Å². The number of Topliss-reactive ketones (excluding diaryl/α,β-unsaturated/α-hetero) is 1. The van der Waals surface area contributed by atoms with Gasteiger partial charge in [-0.1, -0.05) is 25.3 Å². The number of hydrogen-bond donors (Lipinski definition) is 0. The average molecular weight is 210 g/mol. The molecule has 0 aromatic rings. The van der Waals surface area contributed by atoms with Crippen molar-refractivity contribution in [2.75, 3.05) is 6.61 Å². The summed E-state index contributed by atoms with van der Waals surface area (Å²) in [5.41, 5.74) is -0.448. The minimum atomic E-state index is -0.448. The van der Waals surface area contributed by atoms with Crippen LogP contribution in [0.3, 0.4) is 0 Å². The predicted octanol–water partition coefficient (Wildman–Crippen LogP) is 3.26. The van der Waals surface area contributed by atoms with Crippen LogP contribution < -0.4 is 0 Å². The molecule has 0 aromatic heterocycles. The lowest BCUT2D eigenvalue weighted by molar-refractivity contribution is -0.148. The molecule has 0 bridgehead atoms. The molecule has 0 atom stereocenters. The highest BCUT2D eigenvalue weighted by Gasteiger charge is 2.38. The highest BCUT2D eigenvalue weighted by Crippen LogP contribution is 2.33. The van der Waals surface area contributed by atoms with Crippen molar-refractivity contribution in [3.8, 4) is 0 Å². The maximum Gasteiger partial charge on any atom is 0.164 e. The Morgan fingerprint density at radius 3 is 2.60 bits per heavy atom. The quantitative estimate of drug-likeness (QED) is 0.629.